The molecule has 3 aromatic rings. The molecule has 148 valence electrons. The van der Waals surface area contributed by atoms with Crippen LogP contribution in [-0.4, -0.2) is 19.0 Å². The maximum atomic E-state index is 12.4. The molecule has 0 bridgehead atoms. The van der Waals surface area contributed by atoms with E-state index in [9.17, 15) is 4.79 Å². The Labute approximate surface area is 173 Å². The number of aryl methyl sites for hydroxylation is 2. The van der Waals surface area contributed by atoms with E-state index in [-0.39, 0.29) is 5.91 Å². The molecule has 4 rings (SSSR count). The summed E-state index contributed by atoms with van der Waals surface area (Å²) < 4.78 is 0. The number of carbonyl (C=O) groups is 1. The second-order valence-corrected chi connectivity index (χ2v) is 7.70. The first-order chi connectivity index (χ1) is 14.3. The number of nitrogens with one attached hydrogen (secondary N) is 1. The summed E-state index contributed by atoms with van der Waals surface area (Å²) >= 11 is 0. The van der Waals surface area contributed by atoms with Gasteiger partial charge in [0, 0.05) is 30.9 Å². The van der Waals surface area contributed by atoms with Crippen LogP contribution in [0.5, 0.6) is 0 Å². The molecule has 0 unspecified atom stereocenters. The Bertz CT molecular complexity index is 934. The van der Waals surface area contributed by atoms with Crippen LogP contribution in [0.15, 0.2) is 78.9 Å². The van der Waals surface area contributed by atoms with E-state index < -0.39 is 0 Å². The third-order valence-corrected chi connectivity index (χ3v) is 5.57. The summed E-state index contributed by atoms with van der Waals surface area (Å²) in [4.78, 5) is 14.8. The van der Waals surface area contributed by atoms with E-state index in [0.717, 1.165) is 37.9 Å². The molecule has 0 saturated carbocycles. The third kappa shape index (κ3) is 5.05. The second-order valence-electron chi connectivity index (χ2n) is 7.70. The number of anilines is 1. The first kappa shape index (κ1) is 19.3. The summed E-state index contributed by atoms with van der Waals surface area (Å²) in [6.45, 7) is 2.66. The quantitative estimate of drug-likeness (QED) is 0.581. The zero-order valence-electron chi connectivity index (χ0n) is 16.8. The van der Waals surface area contributed by atoms with Crippen molar-refractivity contribution in [3.8, 4) is 0 Å². The number of rotatable bonds is 7. The minimum absolute atomic E-state index is 0.00734. The van der Waals surface area contributed by atoms with E-state index >= 15 is 0 Å². The first-order valence-electron chi connectivity index (χ1n) is 10.5. The molecule has 1 heterocycles. The molecule has 3 aromatic carbocycles. The Hall–Kier alpha value is -3.07. The summed E-state index contributed by atoms with van der Waals surface area (Å²) in [5.41, 5.74) is 6.06. The highest BCUT2D eigenvalue weighted by Crippen LogP contribution is 2.28. The zero-order valence-corrected chi connectivity index (χ0v) is 16.8. The standard InChI is InChI=1S/C26H28N2O/c29-26(27-18-6-10-21-8-2-1-3-9-21)24-16-14-22(15-17-24)20-28-19-7-12-23-11-4-5-13-25(23)28/h1-5,8-9,11,13-17H,6-7,10,12,18-20H2,(H,27,29). The Morgan fingerprint density at radius 3 is 2.45 bits per heavy atom. The lowest BCUT2D eigenvalue weighted by Crippen LogP contribution is -2.28. The van der Waals surface area contributed by atoms with Crippen molar-refractivity contribution in [1.82, 2.24) is 5.32 Å². The van der Waals surface area contributed by atoms with Crippen molar-refractivity contribution in [1.29, 1.82) is 0 Å². The first-order valence-corrected chi connectivity index (χ1v) is 10.5. The molecular formula is C26H28N2O. The van der Waals surface area contributed by atoms with Crippen molar-refractivity contribution in [2.45, 2.75) is 32.2 Å². The van der Waals surface area contributed by atoms with Crippen molar-refractivity contribution >= 4 is 11.6 Å². The summed E-state index contributed by atoms with van der Waals surface area (Å²) in [5, 5.41) is 3.03. The maximum Gasteiger partial charge on any atom is 0.251 e. The topological polar surface area (TPSA) is 32.3 Å². The molecule has 1 aliphatic heterocycles. The predicted molar refractivity (Wildman–Crippen MR) is 119 cm³/mol. The maximum absolute atomic E-state index is 12.4. The number of fused-ring (bicyclic) bond motifs is 1. The molecule has 0 spiro atoms. The SMILES string of the molecule is O=C(NCCCc1ccccc1)c1ccc(CN2CCCc3ccccc32)cc1. The number of hydrogen-bond acceptors (Lipinski definition) is 2. The Morgan fingerprint density at radius 1 is 0.862 bits per heavy atom. The van der Waals surface area contributed by atoms with Crippen LogP contribution in [0, 0.1) is 0 Å². The number of carbonyl (C=O) groups excluding carboxylic acids is 1. The normalized spacial score (nSPS) is 13.0. The van der Waals surface area contributed by atoms with Gasteiger partial charge in [-0.3, -0.25) is 4.79 Å². The molecule has 0 atom stereocenters. The minimum atomic E-state index is 0.00734. The molecule has 3 nitrogen and oxygen atoms in total. The minimum Gasteiger partial charge on any atom is -0.367 e. The highest BCUT2D eigenvalue weighted by atomic mass is 16.1. The van der Waals surface area contributed by atoms with Gasteiger partial charge in [-0.05, 0) is 60.6 Å². The highest BCUT2D eigenvalue weighted by Gasteiger charge is 2.16. The summed E-state index contributed by atoms with van der Waals surface area (Å²) in [5.74, 6) is 0.00734. The highest BCUT2D eigenvalue weighted by molar-refractivity contribution is 5.94. The predicted octanol–water partition coefficient (Wildman–Crippen LogP) is 5.00. The molecule has 0 fully saturated rings. The summed E-state index contributed by atoms with van der Waals surface area (Å²) in [7, 11) is 0. The average Bonchev–Trinajstić information content (AvgIpc) is 2.78. The molecule has 1 N–H and O–H groups in total. The van der Waals surface area contributed by atoms with E-state index in [1.807, 2.05) is 18.2 Å². The number of para-hydroxylation sites is 1. The Morgan fingerprint density at radius 2 is 1.62 bits per heavy atom. The van der Waals surface area contributed by atoms with Gasteiger partial charge in [-0.1, -0.05) is 60.7 Å². The fraction of sp³-hybridized carbons (Fsp3) is 0.269. The molecule has 1 amide bonds. The summed E-state index contributed by atoms with van der Waals surface area (Å²) in [6.07, 6.45) is 4.29. The number of benzene rings is 3. The van der Waals surface area contributed by atoms with Crippen LogP contribution in [0.4, 0.5) is 5.69 Å². The molecule has 1 aliphatic rings. The van der Waals surface area contributed by atoms with E-state index in [2.05, 4.69) is 70.9 Å². The molecule has 0 radical (unpaired) electrons. The lowest BCUT2D eigenvalue weighted by atomic mass is 10.0. The van der Waals surface area contributed by atoms with Crippen molar-refractivity contribution in [2.24, 2.45) is 0 Å². The number of nitrogens with zero attached hydrogens (tertiary/aromatic N) is 1. The zero-order chi connectivity index (χ0) is 19.9. The van der Waals surface area contributed by atoms with Crippen molar-refractivity contribution in [2.75, 3.05) is 18.0 Å². The van der Waals surface area contributed by atoms with Gasteiger partial charge in [-0.2, -0.15) is 0 Å². The lowest BCUT2D eigenvalue weighted by Gasteiger charge is -2.31. The monoisotopic (exact) mass is 384 g/mol. The van der Waals surface area contributed by atoms with Crippen LogP contribution in [0.1, 0.15) is 39.9 Å². The molecular weight excluding hydrogens is 356 g/mol. The Balaban J connectivity index is 1.28. The van der Waals surface area contributed by atoms with Gasteiger partial charge >= 0.3 is 0 Å². The fourth-order valence-corrected chi connectivity index (χ4v) is 4.00. The van der Waals surface area contributed by atoms with E-state index in [1.54, 1.807) is 0 Å². The van der Waals surface area contributed by atoms with E-state index in [1.165, 1.54) is 28.8 Å². The van der Waals surface area contributed by atoms with Crippen molar-refractivity contribution in [3.63, 3.8) is 0 Å². The average molecular weight is 385 g/mol. The number of amides is 1. The van der Waals surface area contributed by atoms with Crippen LogP contribution in [0.25, 0.3) is 0 Å². The largest absolute Gasteiger partial charge is 0.367 e. The molecule has 0 aliphatic carbocycles. The van der Waals surface area contributed by atoms with Crippen LogP contribution in [0.3, 0.4) is 0 Å². The third-order valence-electron chi connectivity index (χ3n) is 5.57. The van der Waals surface area contributed by atoms with Crippen LogP contribution in [0.2, 0.25) is 0 Å². The van der Waals surface area contributed by atoms with Crippen molar-refractivity contribution < 1.29 is 4.79 Å². The Kier molecular flexibility index (Phi) is 6.25. The molecule has 0 saturated heterocycles. The lowest BCUT2D eigenvalue weighted by molar-refractivity contribution is 0.0953. The van der Waals surface area contributed by atoms with E-state index in [0.29, 0.717) is 6.54 Å². The molecule has 0 aromatic heterocycles. The van der Waals surface area contributed by atoms with Gasteiger partial charge in [-0.25, -0.2) is 0 Å². The van der Waals surface area contributed by atoms with Gasteiger partial charge in [0.1, 0.15) is 0 Å². The van der Waals surface area contributed by atoms with Crippen LogP contribution < -0.4 is 10.2 Å². The van der Waals surface area contributed by atoms with Gasteiger partial charge in [0.25, 0.3) is 5.91 Å². The second kappa shape index (κ2) is 9.42. The van der Waals surface area contributed by atoms with E-state index in [4.69, 9.17) is 0 Å². The van der Waals surface area contributed by atoms with Gasteiger partial charge in [0.2, 0.25) is 0 Å². The molecule has 29 heavy (non-hydrogen) atoms. The van der Waals surface area contributed by atoms with Gasteiger partial charge in [0.15, 0.2) is 0 Å². The van der Waals surface area contributed by atoms with Gasteiger partial charge < -0.3 is 10.2 Å². The van der Waals surface area contributed by atoms with Crippen LogP contribution in [-0.2, 0) is 19.4 Å². The fourth-order valence-electron chi connectivity index (χ4n) is 4.00. The number of hydrogen-bond donors (Lipinski definition) is 1. The van der Waals surface area contributed by atoms with Gasteiger partial charge in [0.05, 0.1) is 0 Å². The van der Waals surface area contributed by atoms with Crippen LogP contribution >= 0.6 is 0 Å². The van der Waals surface area contributed by atoms with Crippen molar-refractivity contribution in [3.05, 3.63) is 101 Å². The summed E-state index contributed by atoms with van der Waals surface area (Å²) in [6, 6.07) is 27.1. The smallest absolute Gasteiger partial charge is 0.251 e. The molecule has 3 heteroatoms. The van der Waals surface area contributed by atoms with Gasteiger partial charge in [-0.15, -0.1) is 0 Å².